The third-order valence-corrected chi connectivity index (χ3v) is 5.18. The lowest BCUT2D eigenvalue weighted by Gasteiger charge is -2.24. The summed E-state index contributed by atoms with van der Waals surface area (Å²) in [5, 5.41) is 2.72. The van der Waals surface area contributed by atoms with Crippen LogP contribution < -0.4 is 5.32 Å². The third-order valence-electron chi connectivity index (χ3n) is 5.18. The highest BCUT2D eigenvalue weighted by Gasteiger charge is 2.34. The molecule has 1 aliphatic rings. The van der Waals surface area contributed by atoms with E-state index in [0.29, 0.717) is 19.5 Å². The molecule has 6 nitrogen and oxygen atoms in total. The molecule has 29 heavy (non-hydrogen) atoms. The van der Waals surface area contributed by atoms with Crippen LogP contribution in [0.25, 0.3) is 0 Å². The van der Waals surface area contributed by atoms with E-state index < -0.39 is 6.04 Å². The summed E-state index contributed by atoms with van der Waals surface area (Å²) in [6.45, 7) is 0.992. The minimum absolute atomic E-state index is 0.0543. The average Bonchev–Trinajstić information content (AvgIpc) is 3.23. The van der Waals surface area contributed by atoms with Gasteiger partial charge in [-0.25, -0.2) is 0 Å². The van der Waals surface area contributed by atoms with Crippen LogP contribution in [0.1, 0.15) is 24.0 Å². The van der Waals surface area contributed by atoms with Crippen LogP contribution in [0, 0.1) is 0 Å². The summed E-state index contributed by atoms with van der Waals surface area (Å²) in [6.07, 6.45) is 1.70. The largest absolute Gasteiger partial charge is 0.345 e. The SMILES string of the molecule is CN(Cc1ccccc1)C(=O)CNC(=O)C1CCCN1C(=O)Cc1ccccc1. The molecule has 6 heteroatoms. The second-order valence-electron chi connectivity index (χ2n) is 7.36. The van der Waals surface area contributed by atoms with E-state index >= 15 is 0 Å². The van der Waals surface area contributed by atoms with Gasteiger partial charge in [0, 0.05) is 20.1 Å². The van der Waals surface area contributed by atoms with Gasteiger partial charge in [0.2, 0.25) is 17.7 Å². The van der Waals surface area contributed by atoms with Crippen LogP contribution in [-0.4, -0.2) is 53.7 Å². The van der Waals surface area contributed by atoms with Crippen LogP contribution in [0.3, 0.4) is 0 Å². The van der Waals surface area contributed by atoms with Crippen LogP contribution in [0.5, 0.6) is 0 Å². The number of carbonyl (C=O) groups is 3. The van der Waals surface area contributed by atoms with Gasteiger partial charge < -0.3 is 15.1 Å². The predicted octanol–water partition coefficient (Wildman–Crippen LogP) is 1.99. The second kappa shape index (κ2) is 9.87. The molecule has 1 heterocycles. The van der Waals surface area contributed by atoms with Gasteiger partial charge in [-0.2, -0.15) is 0 Å². The van der Waals surface area contributed by atoms with Gasteiger partial charge >= 0.3 is 0 Å². The minimum Gasteiger partial charge on any atom is -0.345 e. The molecular formula is C23H27N3O3. The van der Waals surface area contributed by atoms with Crippen molar-refractivity contribution < 1.29 is 14.4 Å². The number of hydrogen-bond acceptors (Lipinski definition) is 3. The fraction of sp³-hybridized carbons (Fsp3) is 0.348. The number of nitrogens with zero attached hydrogens (tertiary/aromatic N) is 2. The van der Waals surface area contributed by atoms with E-state index in [-0.39, 0.29) is 30.7 Å². The van der Waals surface area contributed by atoms with Gasteiger partial charge in [0.1, 0.15) is 6.04 Å². The van der Waals surface area contributed by atoms with Crippen molar-refractivity contribution in [3.8, 4) is 0 Å². The van der Waals surface area contributed by atoms with Crippen molar-refractivity contribution in [1.29, 1.82) is 0 Å². The van der Waals surface area contributed by atoms with Gasteiger partial charge in [-0.05, 0) is 24.0 Å². The molecule has 152 valence electrons. The third kappa shape index (κ3) is 5.67. The molecule has 0 radical (unpaired) electrons. The van der Waals surface area contributed by atoms with Crippen molar-refractivity contribution in [2.24, 2.45) is 0 Å². The van der Waals surface area contributed by atoms with Gasteiger partial charge in [0.25, 0.3) is 0 Å². The fourth-order valence-corrected chi connectivity index (χ4v) is 3.57. The quantitative estimate of drug-likeness (QED) is 0.782. The Labute approximate surface area is 171 Å². The Morgan fingerprint density at radius 2 is 1.62 bits per heavy atom. The zero-order valence-electron chi connectivity index (χ0n) is 16.7. The Morgan fingerprint density at radius 3 is 2.28 bits per heavy atom. The summed E-state index contributed by atoms with van der Waals surface area (Å²) in [5.74, 6) is -0.478. The van der Waals surface area contributed by atoms with Gasteiger partial charge in [-0.15, -0.1) is 0 Å². The van der Waals surface area contributed by atoms with E-state index in [1.165, 1.54) is 0 Å². The summed E-state index contributed by atoms with van der Waals surface area (Å²) in [6, 6.07) is 18.7. The Morgan fingerprint density at radius 1 is 1.00 bits per heavy atom. The Kier molecular flexibility index (Phi) is 7.00. The van der Waals surface area contributed by atoms with E-state index in [2.05, 4.69) is 5.32 Å². The van der Waals surface area contributed by atoms with Crippen molar-refractivity contribution in [3.05, 3.63) is 71.8 Å². The summed E-state index contributed by atoms with van der Waals surface area (Å²) in [7, 11) is 1.72. The van der Waals surface area contributed by atoms with Gasteiger partial charge in [-0.3, -0.25) is 14.4 Å². The smallest absolute Gasteiger partial charge is 0.243 e. The standard InChI is InChI=1S/C23H27N3O3/c1-25(17-19-11-6-3-7-12-19)22(28)16-24-23(29)20-13-8-14-26(20)21(27)15-18-9-4-2-5-10-18/h2-7,9-12,20H,8,13-17H2,1H3,(H,24,29). The van der Waals surface area contributed by atoms with E-state index in [0.717, 1.165) is 17.5 Å². The first-order valence-electron chi connectivity index (χ1n) is 9.93. The van der Waals surface area contributed by atoms with Crippen LogP contribution in [-0.2, 0) is 27.3 Å². The number of likely N-dealkylation sites (N-methyl/N-ethyl adjacent to an activating group) is 1. The number of hydrogen-bond donors (Lipinski definition) is 1. The molecule has 0 bridgehead atoms. The highest BCUT2D eigenvalue weighted by Crippen LogP contribution is 2.19. The van der Waals surface area contributed by atoms with Gasteiger partial charge in [-0.1, -0.05) is 60.7 Å². The van der Waals surface area contributed by atoms with Crippen LogP contribution >= 0.6 is 0 Å². The molecule has 1 fully saturated rings. The molecule has 3 amide bonds. The average molecular weight is 393 g/mol. The first-order valence-corrected chi connectivity index (χ1v) is 9.93. The number of rotatable bonds is 7. The Hall–Kier alpha value is -3.15. The predicted molar refractivity (Wildman–Crippen MR) is 111 cm³/mol. The number of benzene rings is 2. The van der Waals surface area contributed by atoms with Gasteiger partial charge in [0.15, 0.2) is 0 Å². The van der Waals surface area contributed by atoms with Crippen LogP contribution in [0.4, 0.5) is 0 Å². The molecule has 1 atom stereocenters. The first-order chi connectivity index (χ1) is 14.0. The number of amides is 3. The zero-order valence-corrected chi connectivity index (χ0v) is 16.7. The molecular weight excluding hydrogens is 366 g/mol. The lowest BCUT2D eigenvalue weighted by Crippen LogP contribution is -2.48. The van der Waals surface area contributed by atoms with Crippen molar-refractivity contribution in [2.75, 3.05) is 20.1 Å². The molecule has 1 unspecified atom stereocenters. The first kappa shape index (κ1) is 20.6. The fourth-order valence-electron chi connectivity index (χ4n) is 3.57. The molecule has 1 N–H and O–H groups in total. The molecule has 1 saturated heterocycles. The summed E-state index contributed by atoms with van der Waals surface area (Å²) in [5.41, 5.74) is 1.96. The lowest BCUT2D eigenvalue weighted by atomic mass is 10.1. The molecule has 0 aliphatic carbocycles. The van der Waals surface area contributed by atoms with E-state index in [9.17, 15) is 14.4 Å². The molecule has 0 aromatic heterocycles. The van der Waals surface area contributed by atoms with Crippen LogP contribution in [0.15, 0.2) is 60.7 Å². The maximum atomic E-state index is 12.6. The summed E-state index contributed by atoms with van der Waals surface area (Å²) in [4.78, 5) is 40.9. The molecule has 1 aliphatic heterocycles. The molecule has 0 saturated carbocycles. The van der Waals surface area contributed by atoms with Crippen molar-refractivity contribution in [3.63, 3.8) is 0 Å². The maximum Gasteiger partial charge on any atom is 0.243 e. The number of nitrogens with one attached hydrogen (secondary N) is 1. The molecule has 0 spiro atoms. The van der Waals surface area contributed by atoms with Crippen LogP contribution in [0.2, 0.25) is 0 Å². The summed E-state index contributed by atoms with van der Waals surface area (Å²) < 4.78 is 0. The maximum absolute atomic E-state index is 12.6. The zero-order chi connectivity index (χ0) is 20.6. The van der Waals surface area contributed by atoms with E-state index in [1.807, 2.05) is 60.7 Å². The summed E-state index contributed by atoms with van der Waals surface area (Å²) >= 11 is 0. The second-order valence-corrected chi connectivity index (χ2v) is 7.36. The van der Waals surface area contributed by atoms with E-state index in [4.69, 9.17) is 0 Å². The monoisotopic (exact) mass is 393 g/mol. The number of carbonyl (C=O) groups excluding carboxylic acids is 3. The topological polar surface area (TPSA) is 69.7 Å². The Balaban J connectivity index is 1.50. The molecule has 2 aromatic rings. The lowest BCUT2D eigenvalue weighted by molar-refractivity contribution is -0.139. The molecule has 2 aromatic carbocycles. The van der Waals surface area contributed by atoms with Crippen molar-refractivity contribution in [2.45, 2.75) is 31.8 Å². The molecule has 3 rings (SSSR count). The highest BCUT2D eigenvalue weighted by atomic mass is 16.2. The minimum atomic E-state index is -0.501. The van der Waals surface area contributed by atoms with Gasteiger partial charge in [0.05, 0.1) is 13.0 Å². The van der Waals surface area contributed by atoms with Crippen molar-refractivity contribution >= 4 is 17.7 Å². The normalized spacial score (nSPS) is 15.8. The highest BCUT2D eigenvalue weighted by molar-refractivity contribution is 5.91. The van der Waals surface area contributed by atoms with E-state index in [1.54, 1.807) is 16.8 Å². The Bertz CT molecular complexity index is 839. The van der Waals surface area contributed by atoms with Crippen molar-refractivity contribution in [1.82, 2.24) is 15.1 Å². The number of likely N-dealkylation sites (tertiary alicyclic amines) is 1.